The molecule has 0 spiro atoms. The topological polar surface area (TPSA) is 89.3 Å². The van der Waals surface area contributed by atoms with Crippen LogP contribution in [0.4, 0.5) is 0 Å². The number of oxime groups is 1. The largest absolute Gasteiger partial charge is 0.409 e. The summed E-state index contributed by atoms with van der Waals surface area (Å²) in [5.41, 5.74) is 6.29. The van der Waals surface area contributed by atoms with Crippen LogP contribution < -0.4 is 5.73 Å². The van der Waals surface area contributed by atoms with E-state index in [1.54, 1.807) is 17.8 Å². The maximum atomic E-state index is 8.79. The van der Waals surface area contributed by atoms with Gasteiger partial charge in [0.25, 0.3) is 0 Å². The minimum Gasteiger partial charge on any atom is -0.409 e. The molecule has 0 radical (unpaired) electrons. The molecular weight excluding hydrogens is 318 g/mol. The molecule has 2 rings (SSSR count). The molecule has 6 nitrogen and oxygen atoms in total. The first-order valence-corrected chi connectivity index (χ1v) is 6.52. The third-order valence-electron chi connectivity index (χ3n) is 2.20. The summed E-state index contributed by atoms with van der Waals surface area (Å²) in [4.78, 5) is 4.96. The minimum atomic E-state index is 0.0565. The smallest absolute Gasteiger partial charge is 0.190 e. The van der Waals surface area contributed by atoms with Crippen LogP contribution >= 0.6 is 27.7 Å². The fourth-order valence-corrected chi connectivity index (χ4v) is 2.57. The van der Waals surface area contributed by atoms with Crippen molar-refractivity contribution in [3.8, 4) is 0 Å². The Balaban J connectivity index is 2.42. The normalized spacial score (nSPS) is 11.8. The number of aryl methyl sites for hydroxylation is 1. The van der Waals surface area contributed by atoms with Crippen molar-refractivity contribution in [2.45, 2.75) is 10.1 Å². The van der Waals surface area contributed by atoms with Crippen molar-refractivity contribution >= 4 is 33.5 Å². The number of hydrogen-bond donors (Lipinski definition) is 2. The highest BCUT2D eigenvalue weighted by Crippen LogP contribution is 2.30. The standard InChI is InChI=1S/C10H10BrN5OS/c1-16-10(13-5-14-16)18-8-3-2-6(11)4-7(8)9(12)15-17/h2-5,17H,1H3,(H2,12,15). The lowest BCUT2D eigenvalue weighted by molar-refractivity contribution is 0.318. The van der Waals surface area contributed by atoms with Gasteiger partial charge in [-0.1, -0.05) is 21.1 Å². The Hall–Kier alpha value is -1.54. The maximum Gasteiger partial charge on any atom is 0.190 e. The number of benzene rings is 1. The van der Waals surface area contributed by atoms with Crippen molar-refractivity contribution in [3.63, 3.8) is 0 Å². The lowest BCUT2D eigenvalue weighted by Gasteiger charge is -2.07. The van der Waals surface area contributed by atoms with Crippen molar-refractivity contribution in [2.75, 3.05) is 0 Å². The Morgan fingerprint density at radius 3 is 2.94 bits per heavy atom. The lowest BCUT2D eigenvalue weighted by Crippen LogP contribution is -2.14. The van der Waals surface area contributed by atoms with E-state index < -0.39 is 0 Å². The summed E-state index contributed by atoms with van der Waals surface area (Å²) in [6, 6.07) is 5.54. The molecule has 94 valence electrons. The van der Waals surface area contributed by atoms with Gasteiger partial charge in [-0.05, 0) is 30.0 Å². The molecule has 0 bridgehead atoms. The molecule has 1 aromatic heterocycles. The van der Waals surface area contributed by atoms with Gasteiger partial charge < -0.3 is 10.9 Å². The highest BCUT2D eigenvalue weighted by Gasteiger charge is 2.12. The van der Waals surface area contributed by atoms with Crippen LogP contribution in [0, 0.1) is 0 Å². The van der Waals surface area contributed by atoms with Crippen LogP contribution in [-0.2, 0) is 7.05 Å². The molecule has 0 aliphatic rings. The monoisotopic (exact) mass is 327 g/mol. The number of amidine groups is 1. The van der Waals surface area contributed by atoms with Crippen molar-refractivity contribution in [1.29, 1.82) is 0 Å². The van der Waals surface area contributed by atoms with Crippen LogP contribution in [0.1, 0.15) is 5.56 Å². The minimum absolute atomic E-state index is 0.0565. The molecule has 0 aliphatic carbocycles. The first-order chi connectivity index (χ1) is 8.61. The van der Waals surface area contributed by atoms with Crippen molar-refractivity contribution in [2.24, 2.45) is 17.9 Å². The zero-order valence-corrected chi connectivity index (χ0v) is 11.8. The predicted molar refractivity (Wildman–Crippen MR) is 71.8 cm³/mol. The van der Waals surface area contributed by atoms with Crippen LogP contribution in [0.2, 0.25) is 0 Å². The molecule has 0 saturated carbocycles. The number of nitrogens with two attached hydrogens (primary N) is 1. The maximum absolute atomic E-state index is 8.79. The zero-order chi connectivity index (χ0) is 13.1. The highest BCUT2D eigenvalue weighted by atomic mass is 79.9. The first-order valence-electron chi connectivity index (χ1n) is 4.91. The fourth-order valence-electron chi connectivity index (χ4n) is 1.32. The zero-order valence-electron chi connectivity index (χ0n) is 9.41. The Kier molecular flexibility index (Phi) is 3.87. The molecule has 0 amide bonds. The summed E-state index contributed by atoms with van der Waals surface area (Å²) in [6.07, 6.45) is 1.48. The van der Waals surface area contributed by atoms with E-state index in [1.165, 1.54) is 18.1 Å². The molecule has 1 heterocycles. The fraction of sp³-hybridized carbons (Fsp3) is 0.100. The summed E-state index contributed by atoms with van der Waals surface area (Å²) >= 11 is 4.75. The van der Waals surface area contributed by atoms with E-state index in [0.29, 0.717) is 5.56 Å². The molecular formula is C10H10BrN5OS. The second-order valence-corrected chi connectivity index (χ2v) is 5.32. The third kappa shape index (κ3) is 2.65. The number of nitrogens with zero attached hydrogens (tertiary/aromatic N) is 4. The molecule has 3 N–H and O–H groups in total. The Bertz CT molecular complexity index is 598. The van der Waals surface area contributed by atoms with Gasteiger partial charge in [-0.25, -0.2) is 9.67 Å². The van der Waals surface area contributed by atoms with Crippen LogP contribution in [0.5, 0.6) is 0 Å². The van der Waals surface area contributed by atoms with Crippen molar-refractivity contribution in [3.05, 3.63) is 34.6 Å². The summed E-state index contributed by atoms with van der Waals surface area (Å²) in [5, 5.41) is 16.5. The predicted octanol–water partition coefficient (Wildman–Crippen LogP) is 1.82. The van der Waals surface area contributed by atoms with Crippen LogP contribution in [0.3, 0.4) is 0 Å². The van der Waals surface area contributed by atoms with Gasteiger partial charge in [0.15, 0.2) is 11.0 Å². The van der Waals surface area contributed by atoms with E-state index in [-0.39, 0.29) is 5.84 Å². The van der Waals surface area contributed by atoms with Crippen LogP contribution in [-0.4, -0.2) is 25.8 Å². The summed E-state index contributed by atoms with van der Waals surface area (Å²) < 4.78 is 2.51. The van der Waals surface area contributed by atoms with E-state index in [4.69, 9.17) is 10.9 Å². The van der Waals surface area contributed by atoms with E-state index in [1.807, 2.05) is 12.1 Å². The Morgan fingerprint density at radius 2 is 2.33 bits per heavy atom. The van der Waals surface area contributed by atoms with Gasteiger partial charge in [0.1, 0.15) is 6.33 Å². The van der Waals surface area contributed by atoms with E-state index in [9.17, 15) is 0 Å². The van der Waals surface area contributed by atoms with Gasteiger partial charge in [0, 0.05) is 22.0 Å². The number of aromatic nitrogens is 3. The molecule has 8 heteroatoms. The second kappa shape index (κ2) is 5.40. The molecule has 18 heavy (non-hydrogen) atoms. The van der Waals surface area contributed by atoms with Crippen molar-refractivity contribution < 1.29 is 5.21 Å². The molecule has 0 unspecified atom stereocenters. The summed E-state index contributed by atoms with van der Waals surface area (Å²) in [6.45, 7) is 0. The van der Waals surface area contributed by atoms with Gasteiger partial charge in [0.2, 0.25) is 0 Å². The highest BCUT2D eigenvalue weighted by molar-refractivity contribution is 9.10. The van der Waals surface area contributed by atoms with Gasteiger partial charge in [-0.2, -0.15) is 5.10 Å². The molecule has 0 fully saturated rings. The quantitative estimate of drug-likeness (QED) is 0.388. The van der Waals surface area contributed by atoms with Crippen LogP contribution in [0.15, 0.2) is 44.2 Å². The van der Waals surface area contributed by atoms with Crippen molar-refractivity contribution in [1.82, 2.24) is 14.8 Å². The number of halogens is 1. The first kappa shape index (κ1) is 12.9. The molecule has 1 aromatic carbocycles. The van der Waals surface area contributed by atoms with E-state index in [0.717, 1.165) is 14.5 Å². The second-order valence-electron chi connectivity index (χ2n) is 3.39. The average Bonchev–Trinajstić information content (AvgIpc) is 2.76. The van der Waals surface area contributed by atoms with Gasteiger partial charge in [0.05, 0.1) is 0 Å². The van der Waals surface area contributed by atoms with Crippen LogP contribution in [0.25, 0.3) is 0 Å². The van der Waals surface area contributed by atoms with Gasteiger partial charge >= 0.3 is 0 Å². The average molecular weight is 328 g/mol. The van der Waals surface area contributed by atoms with E-state index >= 15 is 0 Å². The Labute approximate surface area is 116 Å². The molecule has 0 aliphatic heterocycles. The molecule has 2 aromatic rings. The molecule has 0 saturated heterocycles. The van der Waals surface area contributed by atoms with Gasteiger partial charge in [-0.3, -0.25) is 0 Å². The third-order valence-corrected chi connectivity index (χ3v) is 3.82. The van der Waals surface area contributed by atoms with Gasteiger partial charge in [-0.15, -0.1) is 0 Å². The summed E-state index contributed by atoms with van der Waals surface area (Å²) in [7, 11) is 1.80. The summed E-state index contributed by atoms with van der Waals surface area (Å²) in [5.74, 6) is 0.0565. The van der Waals surface area contributed by atoms with E-state index in [2.05, 4.69) is 31.2 Å². The molecule has 0 atom stereocenters. The Morgan fingerprint density at radius 1 is 1.56 bits per heavy atom. The SMILES string of the molecule is Cn1ncnc1Sc1ccc(Br)cc1/C(N)=N/O. The number of rotatable bonds is 3. The number of hydrogen-bond acceptors (Lipinski definition) is 5. The lowest BCUT2D eigenvalue weighted by atomic mass is 10.2.